The van der Waals surface area contributed by atoms with Crippen LogP contribution in [0.15, 0.2) is 54.6 Å². The highest BCUT2D eigenvalue weighted by atomic mass is 35.5. The molecule has 2 aromatic heterocycles. The van der Waals surface area contributed by atoms with Gasteiger partial charge in [-0.3, -0.25) is 9.59 Å². The van der Waals surface area contributed by atoms with Gasteiger partial charge in [0.2, 0.25) is 5.91 Å². The van der Waals surface area contributed by atoms with Crippen molar-refractivity contribution in [2.24, 2.45) is 0 Å². The first-order chi connectivity index (χ1) is 18.2. The van der Waals surface area contributed by atoms with Crippen molar-refractivity contribution in [3.8, 4) is 21.9 Å². The van der Waals surface area contributed by atoms with Crippen molar-refractivity contribution in [3.63, 3.8) is 0 Å². The summed E-state index contributed by atoms with van der Waals surface area (Å²) in [7, 11) is 0. The third-order valence-electron chi connectivity index (χ3n) is 6.11. The van der Waals surface area contributed by atoms with Gasteiger partial charge in [0.15, 0.2) is 5.78 Å². The van der Waals surface area contributed by atoms with Crippen molar-refractivity contribution in [1.29, 1.82) is 0 Å². The zero-order chi connectivity index (χ0) is 27.0. The second-order valence-electron chi connectivity index (χ2n) is 8.87. The Morgan fingerprint density at radius 3 is 2.68 bits per heavy atom. The van der Waals surface area contributed by atoms with Crippen LogP contribution in [0.3, 0.4) is 0 Å². The molecule has 0 fully saturated rings. The van der Waals surface area contributed by atoms with Crippen LogP contribution in [0.1, 0.15) is 33.4 Å². The first kappa shape index (κ1) is 26.2. The summed E-state index contributed by atoms with van der Waals surface area (Å²) in [5.74, 6) is -0.0185. The number of halogens is 3. The molecular weight excluding hydrogens is 548 g/mol. The van der Waals surface area contributed by atoms with Crippen LogP contribution in [0, 0.1) is 12.7 Å². The number of ether oxygens (including phenoxy) is 1. The van der Waals surface area contributed by atoms with E-state index < -0.39 is 0 Å². The van der Waals surface area contributed by atoms with Gasteiger partial charge in [0, 0.05) is 28.5 Å². The zero-order valence-electron chi connectivity index (χ0n) is 20.4. The smallest absolute Gasteiger partial charge is 0.244 e. The zero-order valence-corrected chi connectivity index (χ0v) is 22.8. The molecule has 38 heavy (non-hydrogen) atoms. The van der Waals surface area contributed by atoms with Crippen molar-refractivity contribution < 1.29 is 18.7 Å². The Labute approximate surface area is 232 Å². The number of nitrogens with one attached hydrogen (secondary N) is 1. The number of hydrogen-bond acceptors (Lipinski definition) is 5. The van der Waals surface area contributed by atoms with Gasteiger partial charge in [-0.05, 0) is 74.0 Å². The van der Waals surface area contributed by atoms with Crippen LogP contribution in [0.4, 0.5) is 4.39 Å². The molecule has 1 aliphatic rings. The average Bonchev–Trinajstić information content (AvgIpc) is 3.60. The molecule has 5 rings (SSSR count). The molecule has 0 radical (unpaired) electrons. The summed E-state index contributed by atoms with van der Waals surface area (Å²) in [6, 6.07) is 13.4. The third kappa shape index (κ3) is 5.38. The molecule has 1 aliphatic heterocycles. The summed E-state index contributed by atoms with van der Waals surface area (Å²) in [5, 5.41) is 8.06. The standard InChI is InChI=1S/C28H22Cl2FN3O3S/c1-15-22(28(30)34(33-15)20-5-3-19(31)4-6-20)7-10-26(36)32-14-21-12-18-11-17(13-23(29)27(18)37-21)25-9-8-24(38-25)16(2)35/h3-11,13,21H,12,14H2,1-2H3,(H,32,36). The molecule has 1 atom stereocenters. The van der Waals surface area contributed by atoms with Crippen molar-refractivity contribution in [2.75, 3.05) is 6.54 Å². The largest absolute Gasteiger partial charge is 0.486 e. The van der Waals surface area contributed by atoms with Crippen LogP contribution in [-0.4, -0.2) is 34.1 Å². The second-order valence-corrected chi connectivity index (χ2v) is 10.7. The first-order valence-electron chi connectivity index (χ1n) is 11.8. The molecule has 0 saturated carbocycles. The molecule has 6 nitrogen and oxygen atoms in total. The number of nitrogens with zero attached hydrogens (tertiary/aromatic N) is 2. The minimum absolute atomic E-state index is 0.0286. The summed E-state index contributed by atoms with van der Waals surface area (Å²) < 4.78 is 20.7. The number of Topliss-reactive ketones (excluding diaryl/α,β-unsaturated/α-hetero) is 1. The molecular formula is C28H22Cl2FN3O3S. The number of amides is 1. The molecule has 0 bridgehead atoms. The second kappa shape index (κ2) is 10.7. The maximum Gasteiger partial charge on any atom is 0.244 e. The minimum atomic E-state index is -0.353. The molecule has 1 amide bonds. The van der Waals surface area contributed by atoms with Gasteiger partial charge in [-0.25, -0.2) is 9.07 Å². The Morgan fingerprint density at radius 1 is 1.21 bits per heavy atom. The van der Waals surface area contributed by atoms with Gasteiger partial charge in [-0.15, -0.1) is 11.3 Å². The Kier molecular flexibility index (Phi) is 7.38. The van der Waals surface area contributed by atoms with Crippen molar-refractivity contribution in [1.82, 2.24) is 15.1 Å². The number of aryl methyl sites for hydroxylation is 1. The topological polar surface area (TPSA) is 73.2 Å². The Bertz CT molecular complexity index is 1580. The number of thiophene rings is 1. The predicted octanol–water partition coefficient (Wildman–Crippen LogP) is 6.69. The molecule has 0 spiro atoms. The lowest BCUT2D eigenvalue weighted by Crippen LogP contribution is -2.33. The van der Waals surface area contributed by atoms with E-state index in [1.807, 2.05) is 24.3 Å². The summed E-state index contributed by atoms with van der Waals surface area (Å²) in [5.41, 5.74) is 3.72. The predicted molar refractivity (Wildman–Crippen MR) is 148 cm³/mol. The number of carbonyl (C=O) groups excluding carboxylic acids is 2. The minimum Gasteiger partial charge on any atom is -0.486 e. The number of aromatic nitrogens is 2. The van der Waals surface area contributed by atoms with E-state index in [-0.39, 0.29) is 23.6 Å². The highest BCUT2D eigenvalue weighted by molar-refractivity contribution is 7.17. The third-order valence-corrected chi connectivity index (χ3v) is 7.99. The summed E-state index contributed by atoms with van der Waals surface area (Å²) in [6.45, 7) is 3.62. The average molecular weight is 570 g/mol. The molecule has 2 aromatic carbocycles. The number of fused-ring (bicyclic) bond motifs is 1. The van der Waals surface area contributed by atoms with Crippen LogP contribution in [0.5, 0.6) is 5.75 Å². The first-order valence-corrected chi connectivity index (χ1v) is 13.3. The number of carbonyl (C=O) groups is 2. The van der Waals surface area contributed by atoms with E-state index in [9.17, 15) is 14.0 Å². The van der Waals surface area contributed by atoms with Gasteiger partial charge in [0.05, 0.1) is 27.8 Å². The van der Waals surface area contributed by atoms with Crippen LogP contribution >= 0.6 is 34.5 Å². The van der Waals surface area contributed by atoms with Crippen LogP contribution < -0.4 is 10.1 Å². The highest BCUT2D eigenvalue weighted by Gasteiger charge is 2.26. The Morgan fingerprint density at radius 2 is 1.97 bits per heavy atom. The van der Waals surface area contributed by atoms with E-state index in [0.717, 1.165) is 16.0 Å². The highest BCUT2D eigenvalue weighted by Crippen LogP contribution is 2.41. The lowest BCUT2D eigenvalue weighted by molar-refractivity contribution is -0.116. The van der Waals surface area contributed by atoms with Crippen molar-refractivity contribution in [2.45, 2.75) is 26.4 Å². The lowest BCUT2D eigenvalue weighted by atomic mass is 10.1. The van der Waals surface area contributed by atoms with Crippen LogP contribution in [0.2, 0.25) is 10.2 Å². The van der Waals surface area contributed by atoms with Crippen LogP contribution in [-0.2, 0) is 11.2 Å². The summed E-state index contributed by atoms with van der Waals surface area (Å²) in [4.78, 5) is 25.8. The molecule has 4 aromatic rings. The normalized spacial score (nSPS) is 14.5. The molecule has 0 aliphatic carbocycles. The molecule has 1 unspecified atom stereocenters. The quantitative estimate of drug-likeness (QED) is 0.199. The fourth-order valence-corrected chi connectivity index (χ4v) is 5.72. The fraction of sp³-hybridized carbons (Fsp3) is 0.179. The van der Waals surface area contributed by atoms with Gasteiger partial charge < -0.3 is 10.1 Å². The monoisotopic (exact) mass is 569 g/mol. The Balaban J connectivity index is 1.22. The van der Waals surface area contributed by atoms with E-state index in [0.29, 0.717) is 50.7 Å². The SMILES string of the molecule is CC(=O)c1ccc(-c2cc(Cl)c3c(c2)CC(CNC(=O)C=Cc2c(C)nn(-c4ccc(F)cc4)c2Cl)O3)s1. The van der Waals surface area contributed by atoms with E-state index in [1.165, 1.54) is 34.2 Å². The lowest BCUT2D eigenvalue weighted by Gasteiger charge is -2.11. The maximum absolute atomic E-state index is 13.2. The molecule has 194 valence electrons. The van der Waals surface area contributed by atoms with Crippen molar-refractivity contribution >= 4 is 52.3 Å². The summed E-state index contributed by atoms with van der Waals surface area (Å²) >= 11 is 14.4. The van der Waals surface area contributed by atoms with Gasteiger partial charge >= 0.3 is 0 Å². The van der Waals surface area contributed by atoms with E-state index >= 15 is 0 Å². The van der Waals surface area contributed by atoms with E-state index in [1.54, 1.807) is 32.1 Å². The van der Waals surface area contributed by atoms with E-state index in [4.69, 9.17) is 27.9 Å². The fourth-order valence-electron chi connectivity index (χ4n) is 4.21. The number of hydrogen-bond donors (Lipinski definition) is 1. The molecule has 10 heteroatoms. The van der Waals surface area contributed by atoms with Gasteiger partial charge in [0.1, 0.15) is 22.8 Å². The van der Waals surface area contributed by atoms with Crippen LogP contribution in [0.25, 0.3) is 22.2 Å². The number of benzene rings is 2. The van der Waals surface area contributed by atoms with E-state index in [2.05, 4.69) is 10.4 Å². The molecule has 3 heterocycles. The number of ketones is 1. The van der Waals surface area contributed by atoms with Crippen molar-refractivity contribution in [3.05, 3.63) is 92.3 Å². The number of rotatable bonds is 7. The van der Waals surface area contributed by atoms with Gasteiger partial charge in [0.25, 0.3) is 0 Å². The van der Waals surface area contributed by atoms with Gasteiger partial charge in [-0.2, -0.15) is 5.10 Å². The maximum atomic E-state index is 13.2. The summed E-state index contributed by atoms with van der Waals surface area (Å²) in [6.07, 6.45) is 3.32. The Hall–Kier alpha value is -3.46. The molecule has 1 N–H and O–H groups in total. The van der Waals surface area contributed by atoms with Gasteiger partial charge in [-0.1, -0.05) is 23.2 Å². The molecule has 0 saturated heterocycles.